The van der Waals surface area contributed by atoms with Gasteiger partial charge in [0.25, 0.3) is 0 Å². The molecule has 0 spiro atoms. The smallest absolute Gasteiger partial charge is 0.379 e. The lowest BCUT2D eigenvalue weighted by atomic mass is 9.83. The second-order valence-corrected chi connectivity index (χ2v) is 8.32. The van der Waals surface area contributed by atoms with Gasteiger partial charge in [-0.15, -0.1) is 0 Å². The zero-order chi connectivity index (χ0) is 21.3. The highest BCUT2D eigenvalue weighted by Crippen LogP contribution is 2.39. The summed E-state index contributed by atoms with van der Waals surface area (Å²) in [5, 5.41) is 0.520. The monoisotopic (exact) mass is 421 g/mol. The molecule has 162 valence electrons. The molecular formula is C22H26F3N3O2. The van der Waals surface area contributed by atoms with E-state index in [9.17, 15) is 18.0 Å². The SMILES string of the molecule is C[C@@H]1C[C@H](c2ccc(C(F)(F)F)c3ncccc23)CN(C(=O)CN2CCOCC2)C1. The number of morpholine rings is 1. The molecule has 4 rings (SSSR count). The van der Waals surface area contributed by atoms with Gasteiger partial charge < -0.3 is 9.64 Å². The number of pyridine rings is 1. The predicted octanol–water partition coefficient (Wildman–Crippen LogP) is 3.54. The van der Waals surface area contributed by atoms with Gasteiger partial charge in [0.1, 0.15) is 0 Å². The number of amides is 1. The topological polar surface area (TPSA) is 45.7 Å². The standard InChI is InChI=1S/C22H26F3N3O2/c1-15-11-16(13-28(12-15)20(29)14-27-7-9-30-10-8-27)17-4-5-19(22(23,24)25)21-18(17)3-2-6-26-21/h2-6,15-16H,7-14H2,1H3/t15-,16+/m1/s1. The molecule has 0 bridgehead atoms. The fraction of sp³-hybridized carbons (Fsp3) is 0.545. The van der Waals surface area contributed by atoms with E-state index in [1.54, 1.807) is 18.2 Å². The van der Waals surface area contributed by atoms with Crippen molar-refractivity contribution in [2.75, 3.05) is 45.9 Å². The molecule has 1 aromatic carbocycles. The predicted molar refractivity (Wildman–Crippen MR) is 107 cm³/mol. The van der Waals surface area contributed by atoms with Gasteiger partial charge in [-0.05, 0) is 30.0 Å². The van der Waals surface area contributed by atoms with Crippen LogP contribution in [-0.2, 0) is 15.7 Å². The van der Waals surface area contributed by atoms with Gasteiger partial charge in [-0.1, -0.05) is 19.1 Å². The number of rotatable bonds is 3. The molecule has 0 saturated carbocycles. The second kappa shape index (κ2) is 8.51. The Labute approximate surface area is 173 Å². The molecule has 2 aliphatic heterocycles. The molecule has 0 radical (unpaired) electrons. The first-order valence-electron chi connectivity index (χ1n) is 10.4. The van der Waals surface area contributed by atoms with Crippen LogP contribution in [0.4, 0.5) is 13.2 Å². The number of ether oxygens (including phenoxy) is 1. The molecule has 0 N–H and O–H groups in total. The van der Waals surface area contributed by atoms with Crippen molar-refractivity contribution in [3.8, 4) is 0 Å². The Bertz CT molecular complexity index is 912. The molecule has 0 aliphatic carbocycles. The molecule has 3 heterocycles. The summed E-state index contributed by atoms with van der Waals surface area (Å²) in [6, 6.07) is 6.07. The number of carbonyl (C=O) groups is 1. The number of piperidine rings is 1. The minimum absolute atomic E-state index is 0.0172. The Morgan fingerprint density at radius 1 is 1.20 bits per heavy atom. The molecule has 8 heteroatoms. The summed E-state index contributed by atoms with van der Waals surface area (Å²) in [6.07, 6.45) is -2.23. The third-order valence-corrected chi connectivity index (χ3v) is 6.02. The van der Waals surface area contributed by atoms with Gasteiger partial charge in [0.15, 0.2) is 0 Å². The molecule has 2 aliphatic rings. The number of fused-ring (bicyclic) bond motifs is 1. The van der Waals surface area contributed by atoms with Crippen LogP contribution in [0.3, 0.4) is 0 Å². The van der Waals surface area contributed by atoms with E-state index in [0.29, 0.717) is 38.2 Å². The van der Waals surface area contributed by atoms with Crippen molar-refractivity contribution in [1.29, 1.82) is 0 Å². The van der Waals surface area contributed by atoms with Gasteiger partial charge in [0.05, 0.1) is 30.8 Å². The van der Waals surface area contributed by atoms with Gasteiger partial charge in [-0.25, -0.2) is 0 Å². The minimum atomic E-state index is -4.45. The molecule has 2 aromatic rings. The van der Waals surface area contributed by atoms with Crippen LogP contribution in [0, 0.1) is 5.92 Å². The van der Waals surface area contributed by atoms with Crippen LogP contribution in [0.2, 0.25) is 0 Å². The summed E-state index contributed by atoms with van der Waals surface area (Å²) in [7, 11) is 0. The molecule has 1 amide bonds. The summed E-state index contributed by atoms with van der Waals surface area (Å²) in [6.45, 7) is 6.40. The highest BCUT2D eigenvalue weighted by molar-refractivity contribution is 5.86. The number of hydrogen-bond acceptors (Lipinski definition) is 4. The van der Waals surface area contributed by atoms with Crippen LogP contribution in [0.25, 0.3) is 10.9 Å². The average molecular weight is 421 g/mol. The summed E-state index contributed by atoms with van der Waals surface area (Å²) < 4.78 is 45.7. The van der Waals surface area contributed by atoms with E-state index in [1.807, 2.05) is 4.90 Å². The summed E-state index contributed by atoms with van der Waals surface area (Å²) in [5.74, 6) is 0.325. The third-order valence-electron chi connectivity index (χ3n) is 6.02. The molecule has 2 atom stereocenters. The maximum atomic E-state index is 13.4. The Balaban J connectivity index is 1.59. The Morgan fingerprint density at radius 3 is 2.70 bits per heavy atom. The Hall–Kier alpha value is -2.19. The second-order valence-electron chi connectivity index (χ2n) is 8.32. The van der Waals surface area contributed by atoms with Crippen molar-refractivity contribution in [1.82, 2.24) is 14.8 Å². The Morgan fingerprint density at radius 2 is 1.97 bits per heavy atom. The first-order valence-corrected chi connectivity index (χ1v) is 10.4. The van der Waals surface area contributed by atoms with E-state index in [2.05, 4.69) is 16.8 Å². The van der Waals surface area contributed by atoms with Crippen LogP contribution in [0.5, 0.6) is 0 Å². The van der Waals surface area contributed by atoms with Crippen molar-refractivity contribution in [3.05, 3.63) is 41.6 Å². The van der Waals surface area contributed by atoms with Crippen LogP contribution >= 0.6 is 0 Å². The van der Waals surface area contributed by atoms with E-state index < -0.39 is 11.7 Å². The number of carbonyl (C=O) groups excluding carboxylic acids is 1. The lowest BCUT2D eigenvalue weighted by Gasteiger charge is -2.38. The average Bonchev–Trinajstić information content (AvgIpc) is 2.72. The van der Waals surface area contributed by atoms with Crippen molar-refractivity contribution in [2.45, 2.75) is 25.4 Å². The molecule has 2 fully saturated rings. The lowest BCUT2D eigenvalue weighted by Crippen LogP contribution is -2.48. The first kappa shape index (κ1) is 21.1. The van der Waals surface area contributed by atoms with E-state index in [1.165, 1.54) is 6.20 Å². The zero-order valence-electron chi connectivity index (χ0n) is 17.0. The highest BCUT2D eigenvalue weighted by Gasteiger charge is 2.35. The first-order chi connectivity index (χ1) is 14.3. The van der Waals surface area contributed by atoms with Gasteiger partial charge in [0, 0.05) is 43.7 Å². The molecule has 5 nitrogen and oxygen atoms in total. The number of benzene rings is 1. The van der Waals surface area contributed by atoms with Crippen molar-refractivity contribution >= 4 is 16.8 Å². The van der Waals surface area contributed by atoms with Crippen molar-refractivity contribution < 1.29 is 22.7 Å². The van der Waals surface area contributed by atoms with Crippen molar-refractivity contribution in [3.63, 3.8) is 0 Å². The highest BCUT2D eigenvalue weighted by atomic mass is 19.4. The zero-order valence-corrected chi connectivity index (χ0v) is 17.0. The van der Waals surface area contributed by atoms with Crippen LogP contribution in [-0.4, -0.2) is 66.6 Å². The largest absolute Gasteiger partial charge is 0.418 e. The van der Waals surface area contributed by atoms with Crippen molar-refractivity contribution in [2.24, 2.45) is 5.92 Å². The maximum Gasteiger partial charge on any atom is 0.418 e. The molecule has 30 heavy (non-hydrogen) atoms. The van der Waals surface area contributed by atoms with E-state index in [4.69, 9.17) is 4.74 Å². The van der Waals surface area contributed by atoms with Crippen LogP contribution < -0.4 is 0 Å². The molecule has 0 unspecified atom stereocenters. The Kier molecular flexibility index (Phi) is 5.97. The van der Waals surface area contributed by atoms with Crippen LogP contribution in [0.15, 0.2) is 30.5 Å². The van der Waals surface area contributed by atoms with E-state index in [0.717, 1.165) is 31.1 Å². The van der Waals surface area contributed by atoms with Gasteiger partial charge in [-0.2, -0.15) is 13.2 Å². The number of likely N-dealkylation sites (tertiary alicyclic amines) is 1. The molecular weight excluding hydrogens is 395 g/mol. The molecule has 1 aromatic heterocycles. The van der Waals surface area contributed by atoms with Gasteiger partial charge in [0.2, 0.25) is 5.91 Å². The number of aromatic nitrogens is 1. The number of hydrogen-bond donors (Lipinski definition) is 0. The van der Waals surface area contributed by atoms with Gasteiger partial charge >= 0.3 is 6.18 Å². The summed E-state index contributed by atoms with van der Waals surface area (Å²) in [5.41, 5.74) is 0.0969. The third kappa shape index (κ3) is 4.44. The fourth-order valence-corrected chi connectivity index (χ4v) is 4.61. The van der Waals surface area contributed by atoms with Gasteiger partial charge in [-0.3, -0.25) is 14.7 Å². The van der Waals surface area contributed by atoms with Crippen LogP contribution in [0.1, 0.15) is 30.4 Å². The lowest BCUT2D eigenvalue weighted by molar-refractivity contribution is -0.136. The van der Waals surface area contributed by atoms with E-state index >= 15 is 0 Å². The minimum Gasteiger partial charge on any atom is -0.379 e. The normalized spacial score (nSPS) is 23.7. The fourth-order valence-electron chi connectivity index (χ4n) is 4.61. The number of halogens is 3. The summed E-state index contributed by atoms with van der Waals surface area (Å²) >= 11 is 0. The maximum absolute atomic E-state index is 13.4. The number of nitrogens with zero attached hydrogens (tertiary/aromatic N) is 3. The quantitative estimate of drug-likeness (QED) is 0.761. The van der Waals surface area contributed by atoms with E-state index in [-0.39, 0.29) is 23.3 Å². The molecule has 2 saturated heterocycles. The number of alkyl halides is 3. The summed E-state index contributed by atoms with van der Waals surface area (Å²) in [4.78, 5) is 20.9.